The van der Waals surface area contributed by atoms with Crippen molar-refractivity contribution in [2.45, 2.75) is 43.6 Å². The highest BCUT2D eigenvalue weighted by Gasteiger charge is 2.37. The summed E-state index contributed by atoms with van der Waals surface area (Å²) in [4.78, 5) is 13.3. The molecule has 29 heavy (non-hydrogen) atoms. The van der Waals surface area contributed by atoms with E-state index in [9.17, 15) is 4.79 Å². The Hall–Kier alpha value is -2.51. The van der Waals surface area contributed by atoms with Gasteiger partial charge in [-0.05, 0) is 54.8 Å². The second kappa shape index (κ2) is 8.08. The van der Waals surface area contributed by atoms with E-state index in [1.54, 1.807) is 0 Å². The fourth-order valence-corrected chi connectivity index (χ4v) is 4.73. The molecule has 1 amide bonds. The average molecular weight is 428 g/mol. The molecule has 1 aliphatic heterocycles. The van der Waals surface area contributed by atoms with E-state index >= 15 is 0 Å². The van der Waals surface area contributed by atoms with Crippen molar-refractivity contribution < 1.29 is 4.79 Å². The molecule has 0 radical (unpaired) electrons. The molecule has 0 bridgehead atoms. The lowest BCUT2D eigenvalue weighted by atomic mass is 10.0. The molecule has 2 aromatic carbocycles. The highest BCUT2D eigenvalue weighted by molar-refractivity contribution is 8.00. The summed E-state index contributed by atoms with van der Waals surface area (Å²) in [5.74, 6) is 0.749. The number of rotatable bonds is 4. The number of halogens is 1. The number of anilines is 1. The fraction of sp³-hybridized carbons (Fsp3) is 0.286. The number of nitrogens with zero attached hydrogens (tertiary/aromatic N) is 3. The van der Waals surface area contributed by atoms with E-state index in [0.717, 1.165) is 34.6 Å². The second-order valence-electron chi connectivity index (χ2n) is 7.15. The van der Waals surface area contributed by atoms with Crippen LogP contribution in [0.4, 0.5) is 5.69 Å². The van der Waals surface area contributed by atoms with Gasteiger partial charge < -0.3 is 10.7 Å². The first kappa shape index (κ1) is 19.8. The van der Waals surface area contributed by atoms with E-state index in [4.69, 9.17) is 11.6 Å². The first-order valence-corrected chi connectivity index (χ1v) is 10.7. The van der Waals surface area contributed by atoms with E-state index in [2.05, 4.69) is 27.0 Å². The molecule has 0 aliphatic carbocycles. The summed E-state index contributed by atoms with van der Waals surface area (Å²) < 4.78 is 1.88. The highest BCUT2D eigenvalue weighted by Crippen LogP contribution is 2.38. The first-order chi connectivity index (χ1) is 13.9. The van der Waals surface area contributed by atoms with E-state index in [0.29, 0.717) is 10.2 Å². The predicted molar refractivity (Wildman–Crippen MR) is 117 cm³/mol. The number of hydrogen-bond acceptors (Lipinski definition) is 5. The van der Waals surface area contributed by atoms with Crippen LogP contribution in [-0.4, -0.2) is 26.0 Å². The molecule has 0 spiro atoms. The zero-order chi connectivity index (χ0) is 20.5. The number of benzene rings is 2. The summed E-state index contributed by atoms with van der Waals surface area (Å²) >= 11 is 7.49. The fourth-order valence-electron chi connectivity index (χ4n) is 3.51. The smallest absolute Gasteiger partial charge is 0.240 e. The zero-order valence-electron chi connectivity index (χ0n) is 16.4. The minimum absolute atomic E-state index is 0.0836. The second-order valence-corrected chi connectivity index (χ2v) is 8.70. The molecule has 0 saturated carbocycles. The molecular weight excluding hydrogens is 406 g/mol. The third-order valence-corrected chi connectivity index (χ3v) is 6.26. The minimum Gasteiger partial charge on any atom is -0.325 e. The number of amides is 1. The van der Waals surface area contributed by atoms with Crippen LogP contribution in [0.3, 0.4) is 0 Å². The van der Waals surface area contributed by atoms with Gasteiger partial charge in [0.15, 0.2) is 5.82 Å². The lowest BCUT2D eigenvalue weighted by Gasteiger charge is -2.33. The van der Waals surface area contributed by atoms with Gasteiger partial charge in [-0.1, -0.05) is 48.5 Å². The van der Waals surface area contributed by atoms with Gasteiger partial charge in [0.25, 0.3) is 0 Å². The Morgan fingerprint density at radius 3 is 2.52 bits per heavy atom. The Labute approximate surface area is 179 Å². The minimum atomic E-state index is -0.418. The Bertz CT molecular complexity index is 1030. The number of aromatic nitrogens is 3. The Morgan fingerprint density at radius 1 is 1.17 bits per heavy atom. The quantitative estimate of drug-likeness (QED) is 0.641. The largest absolute Gasteiger partial charge is 0.325 e. The van der Waals surface area contributed by atoms with E-state index in [-0.39, 0.29) is 11.9 Å². The van der Waals surface area contributed by atoms with E-state index < -0.39 is 5.25 Å². The average Bonchev–Trinajstić information content (AvgIpc) is 3.09. The van der Waals surface area contributed by atoms with Crippen LogP contribution in [-0.2, 0) is 11.2 Å². The third-order valence-electron chi connectivity index (χ3n) is 4.80. The number of hydrogen-bond donors (Lipinski definition) is 2. The third kappa shape index (κ3) is 4.11. The van der Waals surface area contributed by atoms with Crippen LogP contribution < -0.4 is 10.7 Å². The normalized spacial score (nSPS) is 18.1. The maximum Gasteiger partial charge on any atom is 0.240 e. The highest BCUT2D eigenvalue weighted by atomic mass is 35.5. The molecule has 2 heterocycles. The number of thioether (sulfide) groups is 1. The van der Waals surface area contributed by atoms with Gasteiger partial charge in [0.1, 0.15) is 5.25 Å². The standard InChI is InChI=1S/C21H22ClN5OS/c1-4-17-24-25-21-27(17)26-18(14-5-7-15(22)8-6-14)19(29-21)20(28)23-16-10-12(2)9-13(3)11-16/h5-11,18-19,26H,4H2,1-3H3,(H,23,28)/t18-,19-/m1/s1. The van der Waals surface area contributed by atoms with Crippen LogP contribution in [0.15, 0.2) is 47.6 Å². The molecule has 2 atom stereocenters. The molecule has 6 nitrogen and oxygen atoms in total. The van der Waals surface area contributed by atoms with Gasteiger partial charge in [-0.15, -0.1) is 10.2 Å². The number of fused-ring (bicyclic) bond motifs is 1. The van der Waals surface area contributed by atoms with Crippen LogP contribution >= 0.6 is 23.4 Å². The maximum absolute atomic E-state index is 13.3. The van der Waals surface area contributed by atoms with Gasteiger partial charge in [-0.3, -0.25) is 4.79 Å². The van der Waals surface area contributed by atoms with E-state index in [1.807, 2.05) is 61.8 Å². The van der Waals surface area contributed by atoms with Crippen LogP contribution in [0.5, 0.6) is 0 Å². The molecule has 2 N–H and O–H groups in total. The first-order valence-electron chi connectivity index (χ1n) is 9.46. The van der Waals surface area contributed by atoms with Crippen LogP contribution in [0, 0.1) is 13.8 Å². The van der Waals surface area contributed by atoms with Crippen molar-refractivity contribution in [2.75, 3.05) is 10.7 Å². The summed E-state index contributed by atoms with van der Waals surface area (Å²) in [6.45, 7) is 6.06. The number of aryl methyl sites for hydroxylation is 3. The van der Waals surface area contributed by atoms with Gasteiger partial charge in [-0.2, -0.15) is 0 Å². The number of carbonyl (C=O) groups is 1. The Kier molecular flexibility index (Phi) is 5.52. The van der Waals surface area contributed by atoms with Crippen LogP contribution in [0.25, 0.3) is 0 Å². The SMILES string of the molecule is CCc1nnc2n1N[C@H](c1ccc(Cl)cc1)[C@H](C(=O)Nc1cc(C)cc(C)c1)S2. The monoisotopic (exact) mass is 427 g/mol. The van der Waals surface area contributed by atoms with E-state index in [1.165, 1.54) is 11.8 Å². The van der Waals surface area contributed by atoms with Crippen molar-refractivity contribution in [3.8, 4) is 0 Å². The van der Waals surface area contributed by atoms with Gasteiger partial charge >= 0.3 is 0 Å². The van der Waals surface area contributed by atoms with Gasteiger partial charge in [0, 0.05) is 17.1 Å². The van der Waals surface area contributed by atoms with Crippen molar-refractivity contribution in [2.24, 2.45) is 0 Å². The topological polar surface area (TPSA) is 71.8 Å². The molecule has 0 saturated heterocycles. The molecule has 4 rings (SSSR count). The Morgan fingerprint density at radius 2 is 1.86 bits per heavy atom. The number of carbonyl (C=O) groups excluding carboxylic acids is 1. The molecular formula is C21H22ClN5OS. The van der Waals surface area contributed by atoms with Crippen molar-refractivity contribution in [1.29, 1.82) is 0 Å². The zero-order valence-corrected chi connectivity index (χ0v) is 18.0. The molecule has 3 aromatic rings. The van der Waals surface area contributed by atoms with Crippen molar-refractivity contribution >= 4 is 35.0 Å². The maximum atomic E-state index is 13.3. The predicted octanol–water partition coefficient (Wildman–Crippen LogP) is 4.51. The lowest BCUT2D eigenvalue weighted by Crippen LogP contribution is -2.41. The summed E-state index contributed by atoms with van der Waals surface area (Å²) in [6.07, 6.45) is 0.743. The molecule has 8 heteroatoms. The van der Waals surface area contributed by atoms with Crippen LogP contribution in [0.2, 0.25) is 5.02 Å². The summed E-state index contributed by atoms with van der Waals surface area (Å²) in [7, 11) is 0. The van der Waals surface area contributed by atoms with Crippen molar-refractivity contribution in [3.63, 3.8) is 0 Å². The lowest BCUT2D eigenvalue weighted by molar-refractivity contribution is -0.116. The van der Waals surface area contributed by atoms with Gasteiger partial charge in [0.05, 0.1) is 6.04 Å². The van der Waals surface area contributed by atoms with Gasteiger partial charge in [0.2, 0.25) is 11.1 Å². The molecule has 150 valence electrons. The summed E-state index contributed by atoms with van der Waals surface area (Å²) in [5, 5.41) is 12.5. The van der Waals surface area contributed by atoms with Crippen LogP contribution in [0.1, 0.15) is 35.5 Å². The molecule has 1 aromatic heterocycles. The summed E-state index contributed by atoms with van der Waals surface area (Å²) in [5.41, 5.74) is 7.43. The molecule has 1 aliphatic rings. The molecule has 0 fully saturated rings. The van der Waals surface area contributed by atoms with Gasteiger partial charge in [-0.25, -0.2) is 4.68 Å². The van der Waals surface area contributed by atoms with Crippen molar-refractivity contribution in [3.05, 3.63) is 70.0 Å². The Balaban J connectivity index is 1.67. The number of nitrogens with one attached hydrogen (secondary N) is 2. The van der Waals surface area contributed by atoms with Crippen molar-refractivity contribution in [1.82, 2.24) is 14.9 Å². The summed E-state index contributed by atoms with van der Waals surface area (Å²) in [6, 6.07) is 13.3. The molecule has 0 unspecified atom stereocenters.